The van der Waals surface area contributed by atoms with Crippen molar-refractivity contribution in [3.63, 3.8) is 0 Å². The number of carbonyl (C=O) groups excluding carboxylic acids is 1. The summed E-state index contributed by atoms with van der Waals surface area (Å²) in [5, 5.41) is 0.941. The summed E-state index contributed by atoms with van der Waals surface area (Å²) in [7, 11) is 0. The Bertz CT molecular complexity index is 666. The van der Waals surface area contributed by atoms with Crippen LogP contribution in [0.5, 0.6) is 0 Å². The van der Waals surface area contributed by atoms with Gasteiger partial charge in [0, 0.05) is 43.6 Å². The molecule has 0 saturated carbocycles. The largest absolute Gasteiger partial charge is 0.445 e. The molecule has 0 radical (unpaired) electrons. The minimum atomic E-state index is -0.251. The zero-order valence-corrected chi connectivity index (χ0v) is 14.8. The monoisotopic (exact) mass is 346 g/mol. The Kier molecular flexibility index (Phi) is 5.30. The number of aromatic nitrogens is 2. The van der Waals surface area contributed by atoms with E-state index in [1.165, 1.54) is 11.5 Å². The van der Waals surface area contributed by atoms with Crippen LogP contribution in [0.3, 0.4) is 0 Å². The topological polar surface area (TPSA) is 58.6 Å². The van der Waals surface area contributed by atoms with Crippen molar-refractivity contribution in [1.82, 2.24) is 14.3 Å². The van der Waals surface area contributed by atoms with Crippen LogP contribution in [-0.4, -0.2) is 46.5 Å². The van der Waals surface area contributed by atoms with Gasteiger partial charge in [-0.15, -0.1) is 0 Å². The quantitative estimate of drug-likeness (QED) is 0.851. The molecule has 1 aromatic heterocycles. The molecule has 0 N–H and O–H groups in total. The minimum Gasteiger partial charge on any atom is -0.445 e. The zero-order chi connectivity index (χ0) is 16.9. The summed E-state index contributed by atoms with van der Waals surface area (Å²) in [4.78, 5) is 20.7. The maximum Gasteiger partial charge on any atom is 0.410 e. The maximum absolute atomic E-state index is 12.2. The van der Waals surface area contributed by atoms with Crippen LogP contribution in [0.15, 0.2) is 30.3 Å². The van der Waals surface area contributed by atoms with E-state index < -0.39 is 0 Å². The Labute approximate surface area is 146 Å². The number of amides is 1. The van der Waals surface area contributed by atoms with E-state index in [0.717, 1.165) is 29.6 Å². The molecule has 0 bridgehead atoms. The highest BCUT2D eigenvalue weighted by Gasteiger charge is 2.24. The van der Waals surface area contributed by atoms with Crippen LogP contribution in [0.2, 0.25) is 0 Å². The van der Waals surface area contributed by atoms with E-state index in [1.807, 2.05) is 30.3 Å². The van der Waals surface area contributed by atoms with Crippen LogP contribution >= 0.6 is 11.5 Å². The van der Waals surface area contributed by atoms with Crippen LogP contribution in [0.25, 0.3) is 0 Å². The average Bonchev–Trinajstić information content (AvgIpc) is 3.11. The molecule has 3 rings (SSSR count). The molecule has 7 heteroatoms. The molecule has 2 heterocycles. The van der Waals surface area contributed by atoms with Crippen LogP contribution in [0, 0.1) is 0 Å². The molecule has 1 amide bonds. The first kappa shape index (κ1) is 16.7. The van der Waals surface area contributed by atoms with Crippen molar-refractivity contribution in [3.8, 4) is 0 Å². The molecule has 0 aliphatic carbocycles. The number of rotatable bonds is 4. The van der Waals surface area contributed by atoms with Gasteiger partial charge in [-0.05, 0) is 5.56 Å². The van der Waals surface area contributed by atoms with Crippen molar-refractivity contribution in [1.29, 1.82) is 0 Å². The zero-order valence-electron chi connectivity index (χ0n) is 14.0. The number of hydrogen-bond donors (Lipinski definition) is 0. The molecule has 1 saturated heterocycles. The summed E-state index contributed by atoms with van der Waals surface area (Å²) in [6.07, 6.45) is -0.251. The number of ether oxygens (including phenoxy) is 1. The van der Waals surface area contributed by atoms with Crippen molar-refractivity contribution >= 4 is 22.8 Å². The molecule has 0 spiro atoms. The number of carbonyl (C=O) groups is 1. The van der Waals surface area contributed by atoms with E-state index in [1.54, 1.807) is 4.90 Å². The second-order valence-electron chi connectivity index (χ2n) is 6.10. The Balaban J connectivity index is 1.48. The molecule has 1 aromatic carbocycles. The Hall–Kier alpha value is -2.15. The molecule has 2 aromatic rings. The number of piperazine rings is 1. The van der Waals surface area contributed by atoms with Gasteiger partial charge in [-0.3, -0.25) is 0 Å². The third-order valence-electron chi connectivity index (χ3n) is 3.96. The third-order valence-corrected chi connectivity index (χ3v) is 4.75. The lowest BCUT2D eigenvalue weighted by Gasteiger charge is -2.33. The van der Waals surface area contributed by atoms with Gasteiger partial charge in [0.1, 0.15) is 12.4 Å². The molecule has 128 valence electrons. The van der Waals surface area contributed by atoms with Crippen LogP contribution in [0.4, 0.5) is 9.93 Å². The first-order chi connectivity index (χ1) is 11.6. The second-order valence-corrected chi connectivity index (χ2v) is 6.83. The standard InChI is InChI=1S/C17H22N4O2S/c1-13(2)15-18-16(24-19-15)20-8-10-21(11-9-20)17(22)23-12-14-6-4-3-5-7-14/h3-7,13H,8-12H2,1-2H3. The molecule has 1 aliphatic rings. The molecule has 0 unspecified atom stereocenters. The normalized spacial score (nSPS) is 15.0. The van der Waals surface area contributed by atoms with Crippen molar-refractivity contribution in [2.24, 2.45) is 0 Å². The first-order valence-electron chi connectivity index (χ1n) is 8.17. The van der Waals surface area contributed by atoms with Crippen molar-refractivity contribution in [2.45, 2.75) is 26.4 Å². The fourth-order valence-corrected chi connectivity index (χ4v) is 3.34. The van der Waals surface area contributed by atoms with Gasteiger partial charge in [0.2, 0.25) is 5.13 Å². The summed E-state index contributed by atoms with van der Waals surface area (Å²) >= 11 is 1.43. The van der Waals surface area contributed by atoms with Gasteiger partial charge in [-0.2, -0.15) is 4.37 Å². The van der Waals surface area contributed by atoms with Crippen molar-refractivity contribution in [3.05, 3.63) is 41.7 Å². The van der Waals surface area contributed by atoms with E-state index in [-0.39, 0.29) is 6.09 Å². The fourth-order valence-electron chi connectivity index (χ4n) is 2.48. The molecule has 0 atom stereocenters. The number of anilines is 1. The van der Waals surface area contributed by atoms with Crippen molar-refractivity contribution in [2.75, 3.05) is 31.1 Å². The molecular weight excluding hydrogens is 324 g/mol. The van der Waals surface area contributed by atoms with E-state index in [2.05, 4.69) is 28.1 Å². The number of benzene rings is 1. The molecule has 1 fully saturated rings. The van der Waals surface area contributed by atoms with Gasteiger partial charge in [-0.1, -0.05) is 44.2 Å². The minimum absolute atomic E-state index is 0.251. The summed E-state index contributed by atoms with van der Waals surface area (Å²) in [5.74, 6) is 1.23. The lowest BCUT2D eigenvalue weighted by molar-refractivity contribution is 0.0942. The highest BCUT2D eigenvalue weighted by molar-refractivity contribution is 7.09. The van der Waals surface area contributed by atoms with Gasteiger partial charge in [0.05, 0.1) is 0 Å². The second kappa shape index (κ2) is 7.61. The molecule has 1 aliphatic heterocycles. The van der Waals surface area contributed by atoms with Gasteiger partial charge in [-0.25, -0.2) is 9.78 Å². The van der Waals surface area contributed by atoms with Crippen molar-refractivity contribution < 1.29 is 9.53 Å². The summed E-state index contributed by atoms with van der Waals surface area (Å²) in [6, 6.07) is 9.73. The summed E-state index contributed by atoms with van der Waals surface area (Å²) < 4.78 is 9.78. The Morgan fingerprint density at radius 1 is 1.21 bits per heavy atom. The van der Waals surface area contributed by atoms with Crippen LogP contribution in [0.1, 0.15) is 31.2 Å². The predicted octanol–water partition coefficient (Wildman–Crippen LogP) is 3.12. The highest BCUT2D eigenvalue weighted by atomic mass is 32.1. The van der Waals surface area contributed by atoms with Crippen LogP contribution in [-0.2, 0) is 11.3 Å². The first-order valence-corrected chi connectivity index (χ1v) is 8.95. The van der Waals surface area contributed by atoms with E-state index in [9.17, 15) is 4.79 Å². The van der Waals surface area contributed by atoms with E-state index in [0.29, 0.717) is 25.6 Å². The van der Waals surface area contributed by atoms with Gasteiger partial charge in [0.25, 0.3) is 0 Å². The predicted molar refractivity (Wildman–Crippen MR) is 94.4 cm³/mol. The lowest BCUT2D eigenvalue weighted by atomic mass is 10.2. The van der Waals surface area contributed by atoms with Gasteiger partial charge < -0.3 is 14.5 Å². The van der Waals surface area contributed by atoms with Gasteiger partial charge >= 0.3 is 6.09 Å². The average molecular weight is 346 g/mol. The maximum atomic E-state index is 12.2. The highest BCUT2D eigenvalue weighted by Crippen LogP contribution is 2.22. The smallest absolute Gasteiger partial charge is 0.410 e. The van der Waals surface area contributed by atoms with E-state index >= 15 is 0 Å². The Morgan fingerprint density at radius 2 is 1.92 bits per heavy atom. The van der Waals surface area contributed by atoms with Crippen LogP contribution < -0.4 is 4.90 Å². The summed E-state index contributed by atoms with van der Waals surface area (Å²) in [6.45, 7) is 7.29. The van der Waals surface area contributed by atoms with Gasteiger partial charge in [0.15, 0.2) is 0 Å². The molecular formula is C17H22N4O2S. The number of hydrogen-bond acceptors (Lipinski definition) is 6. The number of nitrogens with zero attached hydrogens (tertiary/aromatic N) is 4. The Morgan fingerprint density at radius 3 is 2.54 bits per heavy atom. The molecule has 24 heavy (non-hydrogen) atoms. The fraction of sp³-hybridized carbons (Fsp3) is 0.471. The molecule has 6 nitrogen and oxygen atoms in total. The van der Waals surface area contributed by atoms with E-state index in [4.69, 9.17) is 4.74 Å². The SMILES string of the molecule is CC(C)c1nsc(N2CCN(C(=O)OCc3ccccc3)CC2)n1. The third kappa shape index (κ3) is 4.03. The summed E-state index contributed by atoms with van der Waals surface area (Å²) in [5.41, 5.74) is 1.000. The lowest BCUT2D eigenvalue weighted by Crippen LogP contribution is -2.48.